The molecule has 1 aromatic carbocycles. The molecule has 1 aromatic rings. The van der Waals surface area contributed by atoms with Crippen molar-refractivity contribution >= 4 is 17.7 Å². The number of carbonyl (C=O) groups excluding carboxylic acids is 1. The highest BCUT2D eigenvalue weighted by Crippen LogP contribution is 2.40. The Kier molecular flexibility index (Phi) is 3.50. The molecule has 0 saturated heterocycles. The number of benzene rings is 1. The van der Waals surface area contributed by atoms with Crippen molar-refractivity contribution in [3.8, 4) is 0 Å². The first-order valence-corrected chi connectivity index (χ1v) is 7.99. The summed E-state index contributed by atoms with van der Waals surface area (Å²) in [6, 6.07) is 4.65. The van der Waals surface area contributed by atoms with Gasteiger partial charge in [0.05, 0.1) is 11.6 Å². The minimum Gasteiger partial charge on any atom is -0.348 e. The van der Waals surface area contributed by atoms with Gasteiger partial charge in [-0.2, -0.15) is 0 Å². The molecule has 0 aromatic heterocycles. The zero-order chi connectivity index (χ0) is 14.3. The van der Waals surface area contributed by atoms with Gasteiger partial charge in [-0.05, 0) is 55.9 Å². The number of hydrogen-bond donors (Lipinski definition) is 2. The van der Waals surface area contributed by atoms with E-state index in [4.69, 9.17) is 5.73 Å². The molecule has 20 heavy (non-hydrogen) atoms. The third-order valence-electron chi connectivity index (χ3n) is 4.23. The Morgan fingerprint density at radius 1 is 1.45 bits per heavy atom. The Balaban J connectivity index is 1.79. The van der Waals surface area contributed by atoms with Gasteiger partial charge >= 0.3 is 0 Å². The lowest BCUT2D eigenvalue weighted by Crippen LogP contribution is -2.54. The molecule has 2 aliphatic rings. The predicted octanol–water partition coefficient (Wildman–Crippen LogP) is 2.61. The van der Waals surface area contributed by atoms with Gasteiger partial charge in [0, 0.05) is 10.6 Å². The second-order valence-electron chi connectivity index (χ2n) is 5.90. The maximum absolute atomic E-state index is 13.4. The standard InChI is InChI=1S/C15H19FN2OS/c1-15(17,9-2-3-9)14(19)18-12-6-7-20-13-5-4-10(16)8-11(12)13/h4-5,8-9,12H,2-3,6-7,17H2,1H3,(H,18,19). The lowest BCUT2D eigenvalue weighted by Gasteiger charge is -2.30. The average molecular weight is 294 g/mol. The Morgan fingerprint density at radius 3 is 2.90 bits per heavy atom. The van der Waals surface area contributed by atoms with Crippen LogP contribution in [0.4, 0.5) is 4.39 Å². The van der Waals surface area contributed by atoms with E-state index in [1.54, 1.807) is 24.8 Å². The molecule has 1 aliphatic heterocycles. The van der Waals surface area contributed by atoms with E-state index in [0.717, 1.165) is 35.5 Å². The Hall–Kier alpha value is -1.07. The van der Waals surface area contributed by atoms with E-state index in [1.165, 1.54) is 12.1 Å². The van der Waals surface area contributed by atoms with Crippen LogP contribution in [0.3, 0.4) is 0 Å². The molecule has 0 spiro atoms. The van der Waals surface area contributed by atoms with Gasteiger partial charge in [-0.1, -0.05) is 0 Å². The van der Waals surface area contributed by atoms with Crippen molar-refractivity contribution in [1.82, 2.24) is 5.32 Å². The number of nitrogens with two attached hydrogens (primary N) is 1. The van der Waals surface area contributed by atoms with Crippen molar-refractivity contribution in [2.75, 3.05) is 5.75 Å². The highest BCUT2D eigenvalue weighted by atomic mass is 32.2. The van der Waals surface area contributed by atoms with Crippen molar-refractivity contribution in [1.29, 1.82) is 0 Å². The van der Waals surface area contributed by atoms with Gasteiger partial charge in [-0.15, -0.1) is 11.8 Å². The van der Waals surface area contributed by atoms with Crippen LogP contribution >= 0.6 is 11.8 Å². The minimum absolute atomic E-state index is 0.118. The van der Waals surface area contributed by atoms with Crippen molar-refractivity contribution in [3.63, 3.8) is 0 Å². The van der Waals surface area contributed by atoms with E-state index in [0.29, 0.717) is 0 Å². The molecule has 3 N–H and O–H groups in total. The summed E-state index contributed by atoms with van der Waals surface area (Å²) < 4.78 is 13.4. The smallest absolute Gasteiger partial charge is 0.240 e. The molecule has 108 valence electrons. The molecule has 1 heterocycles. The van der Waals surface area contributed by atoms with Crippen LogP contribution in [0, 0.1) is 11.7 Å². The monoisotopic (exact) mass is 294 g/mol. The number of amides is 1. The summed E-state index contributed by atoms with van der Waals surface area (Å²) >= 11 is 1.71. The molecule has 1 fully saturated rings. The van der Waals surface area contributed by atoms with Crippen LogP contribution < -0.4 is 11.1 Å². The lowest BCUT2D eigenvalue weighted by molar-refractivity contribution is -0.127. The summed E-state index contributed by atoms with van der Waals surface area (Å²) in [6.45, 7) is 1.80. The minimum atomic E-state index is -0.807. The van der Waals surface area contributed by atoms with Crippen molar-refractivity contribution in [2.45, 2.75) is 42.7 Å². The predicted molar refractivity (Wildman–Crippen MR) is 77.9 cm³/mol. The van der Waals surface area contributed by atoms with Crippen molar-refractivity contribution < 1.29 is 9.18 Å². The molecule has 1 amide bonds. The average Bonchev–Trinajstić information content (AvgIpc) is 3.24. The van der Waals surface area contributed by atoms with Crippen LogP contribution in [0.25, 0.3) is 0 Å². The zero-order valence-electron chi connectivity index (χ0n) is 11.5. The first-order chi connectivity index (χ1) is 9.48. The van der Waals surface area contributed by atoms with Gasteiger partial charge < -0.3 is 11.1 Å². The number of fused-ring (bicyclic) bond motifs is 1. The summed E-state index contributed by atoms with van der Waals surface area (Å²) in [5, 5.41) is 3.02. The van der Waals surface area contributed by atoms with E-state index in [-0.39, 0.29) is 23.7 Å². The first kappa shape index (κ1) is 13.9. The zero-order valence-corrected chi connectivity index (χ0v) is 12.3. The van der Waals surface area contributed by atoms with Crippen LogP contribution in [-0.4, -0.2) is 17.2 Å². The SMILES string of the molecule is CC(N)(C(=O)NC1CCSc2ccc(F)cc21)C1CC1. The molecule has 0 radical (unpaired) electrons. The molecule has 3 rings (SSSR count). The van der Waals surface area contributed by atoms with Gasteiger partial charge in [0.2, 0.25) is 5.91 Å². The van der Waals surface area contributed by atoms with Gasteiger partial charge in [-0.25, -0.2) is 4.39 Å². The van der Waals surface area contributed by atoms with Crippen LogP contribution in [0.5, 0.6) is 0 Å². The lowest BCUT2D eigenvalue weighted by atomic mass is 9.94. The third-order valence-corrected chi connectivity index (χ3v) is 5.35. The highest BCUT2D eigenvalue weighted by Gasteiger charge is 2.44. The second kappa shape index (κ2) is 5.04. The largest absolute Gasteiger partial charge is 0.348 e. The Morgan fingerprint density at radius 2 is 2.20 bits per heavy atom. The molecule has 2 unspecified atom stereocenters. The molecule has 5 heteroatoms. The molecule has 0 bridgehead atoms. The summed E-state index contributed by atoms with van der Waals surface area (Å²) in [5.41, 5.74) is 6.21. The van der Waals surface area contributed by atoms with E-state index < -0.39 is 5.54 Å². The maximum Gasteiger partial charge on any atom is 0.240 e. The molecule has 1 saturated carbocycles. The summed E-state index contributed by atoms with van der Waals surface area (Å²) in [4.78, 5) is 13.4. The van der Waals surface area contributed by atoms with E-state index in [1.807, 2.05) is 0 Å². The third kappa shape index (κ3) is 2.56. The van der Waals surface area contributed by atoms with Gasteiger partial charge in [-0.3, -0.25) is 4.79 Å². The number of hydrogen-bond acceptors (Lipinski definition) is 3. The van der Waals surface area contributed by atoms with Gasteiger partial charge in [0.15, 0.2) is 0 Å². The van der Waals surface area contributed by atoms with Crippen LogP contribution in [0.1, 0.15) is 37.8 Å². The molecule has 3 nitrogen and oxygen atoms in total. The van der Waals surface area contributed by atoms with Crippen molar-refractivity contribution in [3.05, 3.63) is 29.6 Å². The van der Waals surface area contributed by atoms with Gasteiger partial charge in [0.1, 0.15) is 5.82 Å². The van der Waals surface area contributed by atoms with Crippen LogP contribution in [0.15, 0.2) is 23.1 Å². The Bertz CT molecular complexity index is 543. The second-order valence-corrected chi connectivity index (χ2v) is 7.04. The van der Waals surface area contributed by atoms with Crippen molar-refractivity contribution in [2.24, 2.45) is 11.7 Å². The number of nitrogens with one attached hydrogen (secondary N) is 1. The summed E-state index contributed by atoms with van der Waals surface area (Å²) in [7, 11) is 0. The fourth-order valence-corrected chi connectivity index (χ4v) is 3.80. The topological polar surface area (TPSA) is 55.1 Å². The molecular formula is C15H19FN2OS. The molecular weight excluding hydrogens is 275 g/mol. The quantitative estimate of drug-likeness (QED) is 0.901. The normalized spacial score (nSPS) is 24.6. The fourth-order valence-electron chi connectivity index (χ4n) is 2.70. The van der Waals surface area contributed by atoms with E-state index >= 15 is 0 Å². The number of thioether (sulfide) groups is 1. The summed E-state index contributed by atoms with van der Waals surface area (Å²) in [6.07, 6.45) is 2.85. The van der Waals surface area contributed by atoms with E-state index in [2.05, 4.69) is 5.32 Å². The first-order valence-electron chi connectivity index (χ1n) is 7.00. The van der Waals surface area contributed by atoms with E-state index in [9.17, 15) is 9.18 Å². The molecule has 1 aliphatic carbocycles. The van der Waals surface area contributed by atoms with Crippen LogP contribution in [0.2, 0.25) is 0 Å². The maximum atomic E-state index is 13.4. The number of carbonyl (C=O) groups is 1. The highest BCUT2D eigenvalue weighted by molar-refractivity contribution is 7.99. The summed E-state index contributed by atoms with van der Waals surface area (Å²) in [5.74, 6) is 0.830. The van der Waals surface area contributed by atoms with Gasteiger partial charge in [0.25, 0.3) is 0 Å². The Labute approximate surface area is 122 Å². The number of halogens is 1. The molecule has 2 atom stereocenters. The fraction of sp³-hybridized carbons (Fsp3) is 0.533. The number of rotatable bonds is 3. The van der Waals surface area contributed by atoms with Crippen LogP contribution in [-0.2, 0) is 4.79 Å².